The van der Waals surface area contributed by atoms with Crippen LogP contribution in [0.15, 0.2) is 17.2 Å². The first-order valence-corrected chi connectivity index (χ1v) is 5.14. The molecule has 0 saturated heterocycles. The Labute approximate surface area is 106 Å². The number of carbonyl (C=O) groups is 1. The van der Waals surface area contributed by atoms with Gasteiger partial charge in [-0.15, -0.1) is 11.6 Å². The van der Waals surface area contributed by atoms with Gasteiger partial charge in [-0.1, -0.05) is 0 Å². The number of phenolic OH excluding ortho intramolecular Hbond substituents is 1. The number of urea groups is 1. The van der Waals surface area contributed by atoms with Crippen molar-refractivity contribution in [3.8, 4) is 5.75 Å². The second-order valence-electron chi connectivity index (χ2n) is 3.17. The number of phenols is 1. The fourth-order valence-corrected chi connectivity index (χ4v) is 1.38. The number of non-ortho nitro benzene ring substituents is 1. The Morgan fingerprint density at radius 1 is 1.67 bits per heavy atom. The number of hydrazone groups is 1. The number of hydrogen-bond donors (Lipinski definition) is 3. The quantitative estimate of drug-likeness (QED) is 0.327. The lowest BCUT2D eigenvalue weighted by Gasteiger charge is -2.04. The van der Waals surface area contributed by atoms with Crippen molar-refractivity contribution in [2.45, 2.75) is 5.88 Å². The molecule has 4 N–H and O–H groups in total. The van der Waals surface area contributed by atoms with Crippen LogP contribution in [-0.4, -0.2) is 22.3 Å². The molecule has 9 heteroatoms. The van der Waals surface area contributed by atoms with E-state index in [9.17, 15) is 20.0 Å². The van der Waals surface area contributed by atoms with Crippen molar-refractivity contribution >= 4 is 29.5 Å². The van der Waals surface area contributed by atoms with Gasteiger partial charge in [0.2, 0.25) is 0 Å². The van der Waals surface area contributed by atoms with Crippen LogP contribution in [0.5, 0.6) is 5.75 Å². The number of nitrogens with one attached hydrogen (secondary N) is 1. The highest BCUT2D eigenvalue weighted by molar-refractivity contribution is 6.17. The first-order valence-electron chi connectivity index (χ1n) is 4.60. The third-order valence-corrected chi connectivity index (χ3v) is 2.22. The van der Waals surface area contributed by atoms with Crippen LogP contribution in [-0.2, 0) is 5.88 Å². The van der Waals surface area contributed by atoms with E-state index in [0.717, 1.165) is 18.3 Å². The molecule has 0 bridgehead atoms. The van der Waals surface area contributed by atoms with Gasteiger partial charge in [0.1, 0.15) is 5.75 Å². The number of aromatic hydroxyl groups is 1. The van der Waals surface area contributed by atoms with Crippen LogP contribution >= 0.6 is 11.6 Å². The average molecular weight is 273 g/mol. The number of alkyl halides is 1. The number of primary amides is 1. The number of amides is 2. The molecule has 1 rings (SSSR count). The van der Waals surface area contributed by atoms with Crippen molar-refractivity contribution in [1.29, 1.82) is 0 Å². The monoisotopic (exact) mass is 272 g/mol. The molecule has 0 atom stereocenters. The number of benzene rings is 1. The third-order valence-electron chi connectivity index (χ3n) is 1.94. The molecule has 0 spiro atoms. The summed E-state index contributed by atoms with van der Waals surface area (Å²) in [7, 11) is 0. The summed E-state index contributed by atoms with van der Waals surface area (Å²) in [5.41, 5.74) is 6.66. The van der Waals surface area contributed by atoms with Gasteiger partial charge >= 0.3 is 6.03 Å². The molecule has 18 heavy (non-hydrogen) atoms. The van der Waals surface area contributed by atoms with E-state index in [1.165, 1.54) is 0 Å². The first kappa shape index (κ1) is 13.7. The zero-order chi connectivity index (χ0) is 13.7. The molecule has 0 unspecified atom stereocenters. The Hall–Kier alpha value is -2.35. The zero-order valence-electron chi connectivity index (χ0n) is 8.96. The Kier molecular flexibility index (Phi) is 4.44. The number of carbonyl (C=O) groups excluding carboxylic acids is 1. The summed E-state index contributed by atoms with van der Waals surface area (Å²) in [6.07, 6.45) is 1.03. The molecule has 0 aliphatic carbocycles. The number of rotatable bonds is 4. The summed E-state index contributed by atoms with van der Waals surface area (Å²) in [5, 5.41) is 23.8. The number of nitrogens with two attached hydrogens (primary N) is 1. The van der Waals surface area contributed by atoms with Gasteiger partial charge in [-0.3, -0.25) is 10.1 Å². The van der Waals surface area contributed by atoms with Crippen LogP contribution in [0.1, 0.15) is 11.1 Å². The minimum atomic E-state index is -0.895. The van der Waals surface area contributed by atoms with Crippen LogP contribution in [0.2, 0.25) is 0 Å². The van der Waals surface area contributed by atoms with Gasteiger partial charge < -0.3 is 10.8 Å². The van der Waals surface area contributed by atoms with E-state index in [2.05, 4.69) is 5.10 Å². The third kappa shape index (κ3) is 3.32. The molecule has 0 saturated carbocycles. The smallest absolute Gasteiger partial charge is 0.332 e. The van der Waals surface area contributed by atoms with Gasteiger partial charge in [0, 0.05) is 23.3 Å². The summed E-state index contributed by atoms with van der Waals surface area (Å²) in [4.78, 5) is 20.4. The van der Waals surface area contributed by atoms with E-state index < -0.39 is 11.0 Å². The molecule has 0 heterocycles. The number of nitrogens with zero attached hydrogens (tertiary/aromatic N) is 2. The van der Waals surface area contributed by atoms with Crippen molar-refractivity contribution in [3.63, 3.8) is 0 Å². The minimum absolute atomic E-state index is 0.0496. The molecule has 96 valence electrons. The molecule has 0 fully saturated rings. The van der Waals surface area contributed by atoms with Gasteiger partial charge in [-0.25, -0.2) is 10.2 Å². The van der Waals surface area contributed by atoms with Gasteiger partial charge in [0.25, 0.3) is 5.69 Å². The lowest BCUT2D eigenvalue weighted by atomic mass is 10.1. The van der Waals surface area contributed by atoms with Crippen LogP contribution < -0.4 is 11.2 Å². The second kappa shape index (κ2) is 5.82. The number of halogens is 1. The second-order valence-corrected chi connectivity index (χ2v) is 3.43. The fourth-order valence-electron chi connectivity index (χ4n) is 1.17. The first-order chi connectivity index (χ1) is 8.45. The molecule has 8 nitrogen and oxygen atoms in total. The summed E-state index contributed by atoms with van der Waals surface area (Å²) in [6.45, 7) is 0. The van der Waals surface area contributed by atoms with Crippen molar-refractivity contribution < 1.29 is 14.8 Å². The molecule has 1 aromatic rings. The Balaban J connectivity index is 3.16. The predicted octanol–water partition coefficient (Wildman–Crippen LogP) is 1.04. The van der Waals surface area contributed by atoms with Crippen molar-refractivity contribution in [1.82, 2.24) is 5.43 Å². The van der Waals surface area contributed by atoms with Gasteiger partial charge in [-0.2, -0.15) is 5.10 Å². The molecule has 0 aromatic heterocycles. The van der Waals surface area contributed by atoms with Crippen LogP contribution in [0.3, 0.4) is 0 Å². The number of nitro groups is 1. The maximum absolute atomic E-state index is 10.7. The predicted molar refractivity (Wildman–Crippen MR) is 64.6 cm³/mol. The summed E-state index contributed by atoms with van der Waals surface area (Å²) in [6, 6.07) is 1.35. The topological polar surface area (TPSA) is 131 Å². The largest absolute Gasteiger partial charge is 0.507 e. The average Bonchev–Trinajstić information content (AvgIpc) is 2.30. The van der Waals surface area contributed by atoms with Gasteiger partial charge in [0.15, 0.2) is 0 Å². The van der Waals surface area contributed by atoms with Crippen molar-refractivity contribution in [2.75, 3.05) is 0 Å². The molecular weight excluding hydrogens is 264 g/mol. The Morgan fingerprint density at radius 2 is 2.33 bits per heavy atom. The van der Waals surface area contributed by atoms with E-state index in [1.54, 1.807) is 0 Å². The number of nitro benzene ring substituents is 1. The minimum Gasteiger partial charge on any atom is -0.507 e. The van der Waals surface area contributed by atoms with Crippen LogP contribution in [0.4, 0.5) is 10.5 Å². The molecule has 0 radical (unpaired) electrons. The van der Waals surface area contributed by atoms with Crippen molar-refractivity contribution in [2.24, 2.45) is 10.8 Å². The highest BCUT2D eigenvalue weighted by Gasteiger charge is 2.14. The van der Waals surface area contributed by atoms with Gasteiger partial charge in [0.05, 0.1) is 17.0 Å². The van der Waals surface area contributed by atoms with E-state index in [0.29, 0.717) is 0 Å². The lowest BCUT2D eigenvalue weighted by Crippen LogP contribution is -2.24. The molecule has 2 amide bonds. The molecular formula is C9H9ClN4O4. The molecule has 0 aliphatic heterocycles. The van der Waals surface area contributed by atoms with E-state index in [4.69, 9.17) is 17.3 Å². The van der Waals surface area contributed by atoms with E-state index in [-0.39, 0.29) is 28.4 Å². The summed E-state index contributed by atoms with van der Waals surface area (Å²) >= 11 is 5.55. The maximum atomic E-state index is 10.7. The summed E-state index contributed by atoms with van der Waals surface area (Å²) in [5.74, 6) is -0.344. The highest BCUT2D eigenvalue weighted by Crippen LogP contribution is 2.28. The highest BCUT2D eigenvalue weighted by atomic mass is 35.5. The SMILES string of the molecule is NC(=O)NN=Cc1cc([N+](=O)[O-])cc(CCl)c1O. The Bertz CT molecular complexity index is 518. The number of hydrogen-bond acceptors (Lipinski definition) is 5. The lowest BCUT2D eigenvalue weighted by molar-refractivity contribution is -0.384. The summed E-state index contributed by atoms with van der Waals surface area (Å²) < 4.78 is 0. The van der Waals surface area contributed by atoms with Crippen LogP contribution in [0.25, 0.3) is 0 Å². The standard InChI is InChI=1S/C9H9ClN4O4/c10-3-5-1-7(14(17)18)2-6(8(5)15)4-12-13-9(11)16/h1-2,4,15H,3H2,(H3,11,13,16). The normalized spacial score (nSPS) is 10.5. The van der Waals surface area contributed by atoms with Crippen LogP contribution in [0, 0.1) is 10.1 Å². The van der Waals surface area contributed by atoms with E-state index >= 15 is 0 Å². The van der Waals surface area contributed by atoms with E-state index in [1.807, 2.05) is 5.43 Å². The van der Waals surface area contributed by atoms with Gasteiger partial charge in [-0.05, 0) is 0 Å². The fraction of sp³-hybridized carbons (Fsp3) is 0.111. The molecule has 0 aliphatic rings. The zero-order valence-corrected chi connectivity index (χ0v) is 9.72. The maximum Gasteiger partial charge on any atom is 0.332 e. The Morgan fingerprint density at radius 3 is 2.83 bits per heavy atom. The van der Waals surface area contributed by atoms with Crippen molar-refractivity contribution in [3.05, 3.63) is 33.4 Å². The molecule has 1 aromatic carbocycles.